The van der Waals surface area contributed by atoms with Crippen molar-refractivity contribution in [2.24, 2.45) is 0 Å². The first-order valence-electron chi connectivity index (χ1n) is 4.88. The highest BCUT2D eigenvalue weighted by atomic mass is 35.5. The van der Waals surface area contributed by atoms with Crippen molar-refractivity contribution in [1.29, 1.82) is 0 Å². The summed E-state index contributed by atoms with van der Waals surface area (Å²) >= 11 is 5.70. The molecule has 1 aromatic carbocycles. The molecule has 0 bridgehead atoms. The fraction of sp³-hybridized carbons (Fsp3) is 0. The predicted octanol–water partition coefficient (Wildman–Crippen LogP) is 3.28. The fourth-order valence-electron chi connectivity index (χ4n) is 1.67. The molecule has 0 unspecified atom stereocenters. The van der Waals surface area contributed by atoms with Crippen molar-refractivity contribution in [2.45, 2.75) is 0 Å². The summed E-state index contributed by atoms with van der Waals surface area (Å²) in [5.74, 6) is 0. The molecule has 0 aliphatic heterocycles. The average molecular weight is 230 g/mol. The molecule has 2 aromatic heterocycles. The van der Waals surface area contributed by atoms with Crippen molar-refractivity contribution in [3.8, 4) is 11.3 Å². The van der Waals surface area contributed by atoms with E-state index in [2.05, 4.69) is 21.0 Å². The van der Waals surface area contributed by atoms with Crippen molar-refractivity contribution in [2.75, 3.05) is 0 Å². The largest absolute Gasteiger partial charge is 0.361 e. The third-order valence-corrected chi connectivity index (χ3v) is 2.67. The van der Waals surface area contributed by atoms with E-state index in [-0.39, 0.29) is 0 Å². The topological polar surface area (TPSA) is 41.6 Å². The van der Waals surface area contributed by atoms with Gasteiger partial charge in [-0.15, -0.1) is 0 Å². The van der Waals surface area contributed by atoms with Crippen LogP contribution in [0.2, 0.25) is 5.15 Å². The van der Waals surface area contributed by atoms with Gasteiger partial charge in [-0.25, -0.2) is 4.98 Å². The molecule has 0 aliphatic carbocycles. The van der Waals surface area contributed by atoms with Crippen LogP contribution in [0.1, 0.15) is 0 Å². The van der Waals surface area contributed by atoms with E-state index in [1.54, 1.807) is 12.4 Å². The van der Waals surface area contributed by atoms with Crippen molar-refractivity contribution < 1.29 is 0 Å². The molecule has 0 aliphatic rings. The van der Waals surface area contributed by atoms with Gasteiger partial charge in [-0.05, 0) is 17.5 Å². The minimum Gasteiger partial charge on any atom is -0.361 e. The Hall–Kier alpha value is -1.87. The van der Waals surface area contributed by atoms with E-state index in [0.29, 0.717) is 5.15 Å². The molecule has 0 saturated heterocycles. The maximum atomic E-state index is 5.70. The van der Waals surface area contributed by atoms with Crippen molar-refractivity contribution >= 4 is 22.5 Å². The van der Waals surface area contributed by atoms with Crippen molar-refractivity contribution in [1.82, 2.24) is 15.0 Å². The zero-order valence-electron chi connectivity index (χ0n) is 8.31. The van der Waals surface area contributed by atoms with Crippen LogP contribution in [0.5, 0.6) is 0 Å². The highest BCUT2D eigenvalue weighted by molar-refractivity contribution is 6.29. The molecule has 0 amide bonds. The SMILES string of the molecule is Clc1cnc(-c2ccc3cc[nH]c3c2)cn1. The van der Waals surface area contributed by atoms with E-state index in [1.165, 1.54) is 5.39 Å². The summed E-state index contributed by atoms with van der Waals surface area (Å²) in [7, 11) is 0. The van der Waals surface area contributed by atoms with Gasteiger partial charge in [0, 0.05) is 17.3 Å². The second-order valence-electron chi connectivity index (χ2n) is 3.50. The number of H-pyrrole nitrogens is 1. The summed E-state index contributed by atoms with van der Waals surface area (Å²) in [4.78, 5) is 11.4. The van der Waals surface area contributed by atoms with E-state index in [4.69, 9.17) is 11.6 Å². The summed E-state index contributed by atoms with van der Waals surface area (Å²) in [6.45, 7) is 0. The lowest BCUT2D eigenvalue weighted by Crippen LogP contribution is -1.85. The van der Waals surface area contributed by atoms with Crippen LogP contribution in [0.15, 0.2) is 42.9 Å². The van der Waals surface area contributed by atoms with Crippen LogP contribution in [0, 0.1) is 0 Å². The molecule has 0 spiro atoms. The molecule has 0 atom stereocenters. The number of aromatic amines is 1. The van der Waals surface area contributed by atoms with Crippen LogP contribution >= 0.6 is 11.6 Å². The van der Waals surface area contributed by atoms with Gasteiger partial charge < -0.3 is 4.98 Å². The minimum absolute atomic E-state index is 0.407. The minimum atomic E-state index is 0.407. The molecule has 1 N–H and O–H groups in total. The second kappa shape index (κ2) is 3.61. The van der Waals surface area contributed by atoms with Crippen LogP contribution in [0.3, 0.4) is 0 Å². The normalized spacial score (nSPS) is 10.8. The number of rotatable bonds is 1. The summed E-state index contributed by atoms with van der Waals surface area (Å²) in [5.41, 5.74) is 2.94. The maximum Gasteiger partial charge on any atom is 0.147 e. The Morgan fingerprint density at radius 1 is 1.06 bits per heavy atom. The number of hydrogen-bond acceptors (Lipinski definition) is 2. The van der Waals surface area contributed by atoms with Crippen LogP contribution in [-0.2, 0) is 0 Å². The zero-order chi connectivity index (χ0) is 11.0. The van der Waals surface area contributed by atoms with Gasteiger partial charge in [0.05, 0.1) is 18.1 Å². The number of nitrogens with one attached hydrogen (secondary N) is 1. The van der Waals surface area contributed by atoms with Crippen LogP contribution in [0.25, 0.3) is 22.2 Å². The van der Waals surface area contributed by atoms with Gasteiger partial charge in [0.15, 0.2) is 0 Å². The van der Waals surface area contributed by atoms with E-state index in [9.17, 15) is 0 Å². The summed E-state index contributed by atoms with van der Waals surface area (Å²) in [6.07, 6.45) is 5.14. The highest BCUT2D eigenvalue weighted by Gasteiger charge is 2.02. The molecule has 3 rings (SSSR count). The van der Waals surface area contributed by atoms with E-state index >= 15 is 0 Å². The molecule has 16 heavy (non-hydrogen) atoms. The Morgan fingerprint density at radius 2 is 2.00 bits per heavy atom. The number of aromatic nitrogens is 3. The Kier molecular flexibility index (Phi) is 2.11. The molecular weight excluding hydrogens is 222 g/mol. The monoisotopic (exact) mass is 229 g/mol. The van der Waals surface area contributed by atoms with Gasteiger partial charge in [-0.3, -0.25) is 4.98 Å². The third-order valence-electron chi connectivity index (χ3n) is 2.47. The van der Waals surface area contributed by atoms with Crippen molar-refractivity contribution in [3.63, 3.8) is 0 Å². The number of fused-ring (bicyclic) bond motifs is 1. The Labute approximate surface area is 97.1 Å². The number of nitrogens with zero attached hydrogens (tertiary/aromatic N) is 2. The molecule has 3 nitrogen and oxygen atoms in total. The first kappa shape index (κ1) is 9.36. The van der Waals surface area contributed by atoms with Gasteiger partial charge in [-0.1, -0.05) is 23.7 Å². The van der Waals surface area contributed by atoms with E-state index in [0.717, 1.165) is 16.8 Å². The first-order chi connectivity index (χ1) is 7.83. The van der Waals surface area contributed by atoms with Crippen LogP contribution in [-0.4, -0.2) is 15.0 Å². The van der Waals surface area contributed by atoms with Crippen LogP contribution in [0.4, 0.5) is 0 Å². The van der Waals surface area contributed by atoms with Gasteiger partial charge in [0.2, 0.25) is 0 Å². The summed E-state index contributed by atoms with van der Waals surface area (Å²) in [5, 5.41) is 1.59. The van der Waals surface area contributed by atoms with Gasteiger partial charge in [0.25, 0.3) is 0 Å². The van der Waals surface area contributed by atoms with E-state index < -0.39 is 0 Å². The zero-order valence-corrected chi connectivity index (χ0v) is 9.07. The standard InChI is InChI=1S/C12H8ClN3/c13-12-7-15-11(6-16-12)9-2-1-8-3-4-14-10(8)5-9/h1-7,14H. The van der Waals surface area contributed by atoms with Gasteiger partial charge in [0.1, 0.15) is 5.15 Å². The second-order valence-corrected chi connectivity index (χ2v) is 3.89. The lowest BCUT2D eigenvalue weighted by atomic mass is 10.1. The molecule has 4 heteroatoms. The Bertz CT molecular complexity index is 628. The molecule has 0 saturated carbocycles. The quantitative estimate of drug-likeness (QED) is 0.696. The molecule has 0 fully saturated rings. The number of halogens is 1. The van der Waals surface area contributed by atoms with E-state index in [1.807, 2.05) is 24.4 Å². The average Bonchev–Trinajstić information content (AvgIpc) is 2.77. The lowest BCUT2D eigenvalue weighted by molar-refractivity contribution is 1.21. The molecule has 3 aromatic rings. The fourth-order valence-corrected chi connectivity index (χ4v) is 1.77. The Balaban J connectivity index is 2.14. The smallest absolute Gasteiger partial charge is 0.147 e. The molecule has 0 radical (unpaired) electrons. The summed E-state index contributed by atoms with van der Waals surface area (Å²) < 4.78 is 0. The van der Waals surface area contributed by atoms with Gasteiger partial charge in [-0.2, -0.15) is 0 Å². The molecular formula is C12H8ClN3. The molecule has 2 heterocycles. The highest BCUT2D eigenvalue weighted by Crippen LogP contribution is 2.21. The summed E-state index contributed by atoms with van der Waals surface area (Å²) in [6, 6.07) is 8.16. The molecule has 78 valence electrons. The lowest BCUT2D eigenvalue weighted by Gasteiger charge is -2.00. The number of hydrogen-bond donors (Lipinski definition) is 1. The van der Waals surface area contributed by atoms with Gasteiger partial charge >= 0.3 is 0 Å². The third kappa shape index (κ3) is 1.55. The van der Waals surface area contributed by atoms with Crippen LogP contribution < -0.4 is 0 Å². The predicted molar refractivity (Wildman–Crippen MR) is 64.3 cm³/mol. The van der Waals surface area contributed by atoms with Crippen molar-refractivity contribution in [3.05, 3.63) is 48.0 Å². The maximum absolute atomic E-state index is 5.70. The Morgan fingerprint density at radius 3 is 2.81 bits per heavy atom. The number of benzene rings is 1. The first-order valence-corrected chi connectivity index (χ1v) is 5.26.